The van der Waals surface area contributed by atoms with Crippen LogP contribution in [-0.4, -0.2) is 28.1 Å². The first kappa shape index (κ1) is 15.7. The van der Waals surface area contributed by atoms with Gasteiger partial charge in [0.15, 0.2) is 0 Å². The molecule has 5 nitrogen and oxygen atoms in total. The minimum Gasteiger partial charge on any atom is -0.299 e. The van der Waals surface area contributed by atoms with Crippen LogP contribution in [0.15, 0.2) is 41.8 Å². The number of Topliss-reactive ketones (excluding diaryl/α,β-unsaturated/α-hetero) is 1. The standard InChI is InChI=1S/C15H18N2O3S/c1-2-3-7-14(18)12-9-10-16(11-12)21-15-8-5-4-6-13(15)17(19)20/h2,4-6,8,12H,1,3,7,9-11H2/t12-/m1/s1. The van der Waals surface area contributed by atoms with Crippen molar-refractivity contribution in [3.63, 3.8) is 0 Å². The lowest BCUT2D eigenvalue weighted by Gasteiger charge is -2.14. The topological polar surface area (TPSA) is 63.5 Å². The molecule has 1 atom stereocenters. The molecular weight excluding hydrogens is 288 g/mol. The van der Waals surface area contributed by atoms with Crippen LogP contribution in [0.3, 0.4) is 0 Å². The Bertz CT molecular complexity index is 547. The zero-order valence-electron chi connectivity index (χ0n) is 11.7. The number of hydrogen-bond donors (Lipinski definition) is 0. The molecule has 21 heavy (non-hydrogen) atoms. The third kappa shape index (κ3) is 4.15. The summed E-state index contributed by atoms with van der Waals surface area (Å²) in [5.41, 5.74) is 0.115. The van der Waals surface area contributed by atoms with Crippen molar-refractivity contribution in [1.82, 2.24) is 4.31 Å². The lowest BCUT2D eigenvalue weighted by Crippen LogP contribution is -2.18. The Labute approximate surface area is 128 Å². The summed E-state index contributed by atoms with van der Waals surface area (Å²) in [6.07, 6.45) is 3.83. The van der Waals surface area contributed by atoms with Crippen molar-refractivity contribution < 1.29 is 9.72 Å². The summed E-state index contributed by atoms with van der Waals surface area (Å²) in [6.45, 7) is 5.06. The maximum absolute atomic E-state index is 12.0. The summed E-state index contributed by atoms with van der Waals surface area (Å²) in [4.78, 5) is 23.2. The van der Waals surface area contributed by atoms with Crippen molar-refractivity contribution in [2.24, 2.45) is 5.92 Å². The monoisotopic (exact) mass is 306 g/mol. The molecule has 0 bridgehead atoms. The maximum Gasteiger partial charge on any atom is 0.284 e. The van der Waals surface area contributed by atoms with E-state index in [1.54, 1.807) is 24.3 Å². The highest BCUT2D eigenvalue weighted by atomic mass is 32.2. The molecular formula is C15H18N2O3S. The summed E-state index contributed by atoms with van der Waals surface area (Å²) in [7, 11) is 0. The molecule has 0 spiro atoms. The van der Waals surface area contributed by atoms with Crippen LogP contribution in [0.1, 0.15) is 19.3 Å². The molecule has 1 saturated heterocycles. The van der Waals surface area contributed by atoms with Crippen LogP contribution in [0.5, 0.6) is 0 Å². The van der Waals surface area contributed by atoms with Crippen LogP contribution in [0.4, 0.5) is 5.69 Å². The van der Waals surface area contributed by atoms with Crippen LogP contribution < -0.4 is 0 Å². The Morgan fingerprint density at radius 3 is 3.00 bits per heavy atom. The van der Waals surface area contributed by atoms with Gasteiger partial charge in [0.2, 0.25) is 0 Å². The molecule has 0 amide bonds. The molecule has 0 aromatic heterocycles. The van der Waals surface area contributed by atoms with Crippen LogP contribution >= 0.6 is 11.9 Å². The SMILES string of the molecule is C=CCCC(=O)[C@@H]1CCN(Sc2ccccc2[N+](=O)[O-])C1. The number of nitrogens with zero attached hydrogens (tertiary/aromatic N) is 2. The van der Waals surface area contributed by atoms with Gasteiger partial charge in [-0.15, -0.1) is 6.58 Å². The number of rotatable bonds is 7. The molecule has 1 aliphatic heterocycles. The molecule has 0 saturated carbocycles. The molecule has 1 aromatic rings. The molecule has 1 aliphatic rings. The quantitative estimate of drug-likeness (QED) is 0.334. The predicted molar refractivity (Wildman–Crippen MR) is 83.1 cm³/mol. The molecule has 0 unspecified atom stereocenters. The number of ketones is 1. The summed E-state index contributed by atoms with van der Waals surface area (Å²) in [5.74, 6) is 0.306. The average molecular weight is 306 g/mol. The Hall–Kier alpha value is -1.66. The fourth-order valence-corrected chi connectivity index (χ4v) is 3.45. The molecule has 2 rings (SSSR count). The van der Waals surface area contributed by atoms with Crippen LogP contribution in [-0.2, 0) is 4.79 Å². The first-order valence-corrected chi connectivity index (χ1v) is 7.69. The number of nitro groups is 1. The van der Waals surface area contributed by atoms with Crippen molar-refractivity contribution in [2.75, 3.05) is 13.1 Å². The van der Waals surface area contributed by atoms with E-state index in [9.17, 15) is 14.9 Å². The fourth-order valence-electron chi connectivity index (χ4n) is 2.35. The highest BCUT2D eigenvalue weighted by Crippen LogP contribution is 2.35. The van der Waals surface area contributed by atoms with E-state index < -0.39 is 0 Å². The highest BCUT2D eigenvalue weighted by Gasteiger charge is 2.29. The van der Waals surface area contributed by atoms with E-state index in [4.69, 9.17) is 0 Å². The highest BCUT2D eigenvalue weighted by molar-refractivity contribution is 7.97. The normalized spacial score (nSPS) is 18.6. The number of allylic oxidation sites excluding steroid dienone is 1. The van der Waals surface area contributed by atoms with Crippen LogP contribution in [0.2, 0.25) is 0 Å². The molecule has 6 heteroatoms. The van der Waals surface area contributed by atoms with Gasteiger partial charge in [-0.1, -0.05) is 18.2 Å². The molecule has 0 N–H and O–H groups in total. The fraction of sp³-hybridized carbons (Fsp3) is 0.400. The van der Waals surface area contributed by atoms with E-state index in [0.29, 0.717) is 24.3 Å². The van der Waals surface area contributed by atoms with Crippen molar-refractivity contribution in [3.8, 4) is 0 Å². The molecule has 1 heterocycles. The van der Waals surface area contributed by atoms with Gasteiger partial charge in [-0.3, -0.25) is 14.9 Å². The summed E-state index contributed by atoms with van der Waals surface area (Å²) >= 11 is 1.37. The van der Waals surface area contributed by atoms with Gasteiger partial charge in [0.05, 0.1) is 4.92 Å². The van der Waals surface area contributed by atoms with E-state index in [0.717, 1.165) is 13.0 Å². The average Bonchev–Trinajstić information content (AvgIpc) is 2.93. The second-order valence-corrected chi connectivity index (χ2v) is 6.12. The van der Waals surface area contributed by atoms with Gasteiger partial charge in [0.1, 0.15) is 10.7 Å². The van der Waals surface area contributed by atoms with Gasteiger partial charge in [-0.05, 0) is 30.9 Å². The summed E-state index contributed by atoms with van der Waals surface area (Å²) in [5, 5.41) is 11.0. The molecule has 0 radical (unpaired) electrons. The number of carbonyl (C=O) groups excluding carboxylic acids is 1. The molecule has 112 valence electrons. The lowest BCUT2D eigenvalue weighted by molar-refractivity contribution is -0.387. The Morgan fingerprint density at radius 1 is 1.52 bits per heavy atom. The molecule has 1 aromatic carbocycles. The maximum atomic E-state index is 12.0. The first-order valence-electron chi connectivity index (χ1n) is 6.91. The van der Waals surface area contributed by atoms with E-state index in [1.165, 1.54) is 18.0 Å². The lowest BCUT2D eigenvalue weighted by atomic mass is 10.00. The molecule has 0 aliphatic carbocycles. The van der Waals surface area contributed by atoms with Gasteiger partial charge in [0.25, 0.3) is 5.69 Å². The number of hydrogen-bond acceptors (Lipinski definition) is 5. The van der Waals surface area contributed by atoms with E-state index in [1.807, 2.05) is 4.31 Å². The van der Waals surface area contributed by atoms with Gasteiger partial charge in [0, 0.05) is 31.5 Å². The Balaban J connectivity index is 1.95. The van der Waals surface area contributed by atoms with Crippen molar-refractivity contribution in [1.29, 1.82) is 0 Å². The smallest absolute Gasteiger partial charge is 0.284 e. The number of benzene rings is 1. The molecule has 1 fully saturated rings. The van der Waals surface area contributed by atoms with Crippen molar-refractivity contribution in [2.45, 2.75) is 24.2 Å². The largest absolute Gasteiger partial charge is 0.299 e. The minimum absolute atomic E-state index is 0.0419. The zero-order chi connectivity index (χ0) is 15.2. The summed E-state index contributed by atoms with van der Waals surface area (Å²) < 4.78 is 2.04. The zero-order valence-corrected chi connectivity index (χ0v) is 12.6. The van der Waals surface area contributed by atoms with Crippen molar-refractivity contribution >= 4 is 23.4 Å². The second-order valence-electron chi connectivity index (χ2n) is 4.98. The Morgan fingerprint density at radius 2 is 2.29 bits per heavy atom. The predicted octanol–water partition coefficient (Wildman–Crippen LogP) is 3.46. The van der Waals surface area contributed by atoms with Crippen LogP contribution in [0.25, 0.3) is 0 Å². The number of carbonyl (C=O) groups is 1. The minimum atomic E-state index is -0.370. The van der Waals surface area contributed by atoms with Gasteiger partial charge >= 0.3 is 0 Å². The van der Waals surface area contributed by atoms with E-state index in [-0.39, 0.29) is 22.3 Å². The van der Waals surface area contributed by atoms with Gasteiger partial charge in [-0.25, -0.2) is 4.31 Å². The Kier molecular flexibility index (Phi) is 5.52. The summed E-state index contributed by atoms with van der Waals surface area (Å²) in [6, 6.07) is 6.70. The third-order valence-corrected chi connectivity index (χ3v) is 4.62. The number of para-hydroxylation sites is 1. The van der Waals surface area contributed by atoms with Gasteiger partial charge < -0.3 is 0 Å². The third-order valence-electron chi connectivity index (χ3n) is 3.49. The van der Waals surface area contributed by atoms with Crippen molar-refractivity contribution in [3.05, 3.63) is 47.0 Å². The van der Waals surface area contributed by atoms with Crippen LogP contribution in [0, 0.1) is 16.0 Å². The second kappa shape index (κ2) is 7.38. The first-order chi connectivity index (χ1) is 10.1. The van der Waals surface area contributed by atoms with E-state index >= 15 is 0 Å². The van der Waals surface area contributed by atoms with Gasteiger partial charge in [-0.2, -0.15) is 0 Å². The van der Waals surface area contributed by atoms with E-state index in [2.05, 4.69) is 6.58 Å². The number of nitro benzene ring substituents is 1.